The van der Waals surface area contributed by atoms with Crippen LogP contribution >= 0.6 is 23.1 Å². The van der Waals surface area contributed by atoms with E-state index in [-0.39, 0.29) is 17.5 Å². The van der Waals surface area contributed by atoms with E-state index >= 15 is 0 Å². The molecule has 1 N–H and O–H groups in total. The van der Waals surface area contributed by atoms with Crippen LogP contribution in [0, 0.1) is 0 Å². The van der Waals surface area contributed by atoms with E-state index in [9.17, 15) is 9.59 Å². The van der Waals surface area contributed by atoms with Crippen molar-refractivity contribution < 1.29 is 4.79 Å². The number of carbonyl (C=O) groups excluding carboxylic acids is 1. The lowest BCUT2D eigenvalue weighted by Crippen LogP contribution is -2.34. The van der Waals surface area contributed by atoms with Crippen molar-refractivity contribution in [2.75, 3.05) is 5.75 Å². The molecule has 2 aromatic heterocycles. The van der Waals surface area contributed by atoms with Gasteiger partial charge in [-0.25, -0.2) is 4.98 Å². The highest BCUT2D eigenvalue weighted by Crippen LogP contribution is 2.35. The third kappa shape index (κ3) is 3.98. The van der Waals surface area contributed by atoms with Gasteiger partial charge in [-0.05, 0) is 44.6 Å². The van der Waals surface area contributed by atoms with Crippen LogP contribution in [0.15, 0.2) is 9.95 Å². The molecule has 5 nitrogen and oxygen atoms in total. The second-order valence-electron chi connectivity index (χ2n) is 6.93. The van der Waals surface area contributed by atoms with Crippen LogP contribution in [0.1, 0.15) is 56.9 Å². The molecule has 0 unspecified atom stereocenters. The van der Waals surface area contributed by atoms with Gasteiger partial charge >= 0.3 is 0 Å². The summed E-state index contributed by atoms with van der Waals surface area (Å²) in [5.74, 6) is 0.294. The molecule has 1 atom stereocenters. The van der Waals surface area contributed by atoms with Crippen LogP contribution in [-0.2, 0) is 24.2 Å². The first-order valence-electron chi connectivity index (χ1n) is 9.52. The summed E-state index contributed by atoms with van der Waals surface area (Å²) in [6.45, 7) is 6.83. The molecule has 142 valence electrons. The van der Waals surface area contributed by atoms with Gasteiger partial charge in [-0.1, -0.05) is 32.0 Å². The molecule has 0 spiro atoms. The Hall–Kier alpha value is -1.34. The molecule has 0 saturated carbocycles. The van der Waals surface area contributed by atoms with Crippen molar-refractivity contribution in [3.63, 3.8) is 0 Å². The molecule has 26 heavy (non-hydrogen) atoms. The maximum absolute atomic E-state index is 13.1. The Bertz CT molecular complexity index is 857. The van der Waals surface area contributed by atoms with Crippen LogP contribution in [0.5, 0.6) is 0 Å². The normalized spacial score (nSPS) is 14.6. The van der Waals surface area contributed by atoms with Crippen molar-refractivity contribution in [2.24, 2.45) is 0 Å². The number of thioether (sulfide) groups is 1. The van der Waals surface area contributed by atoms with E-state index in [1.165, 1.54) is 22.2 Å². The van der Waals surface area contributed by atoms with Gasteiger partial charge in [0, 0.05) is 17.5 Å². The van der Waals surface area contributed by atoms with E-state index in [1.54, 1.807) is 15.9 Å². The van der Waals surface area contributed by atoms with Gasteiger partial charge in [0.15, 0.2) is 5.16 Å². The first kappa shape index (κ1) is 19.4. The highest BCUT2D eigenvalue weighted by molar-refractivity contribution is 7.99. The van der Waals surface area contributed by atoms with Gasteiger partial charge < -0.3 is 5.32 Å². The van der Waals surface area contributed by atoms with Crippen molar-refractivity contribution in [1.82, 2.24) is 14.9 Å². The largest absolute Gasteiger partial charge is 0.353 e. The van der Waals surface area contributed by atoms with E-state index in [2.05, 4.69) is 19.2 Å². The molecular formula is C19H27N3O2S2. The number of nitrogens with zero attached hydrogens (tertiary/aromatic N) is 2. The highest BCUT2D eigenvalue weighted by atomic mass is 32.2. The second kappa shape index (κ2) is 8.57. The molecule has 1 amide bonds. The Kier molecular flexibility index (Phi) is 6.40. The minimum atomic E-state index is 0.00187. The van der Waals surface area contributed by atoms with Crippen molar-refractivity contribution in [2.45, 2.75) is 77.0 Å². The molecule has 2 aromatic rings. The SMILES string of the molecule is CCC[C@H](C)NC(=O)CSc1nc2sc3c(c2c(=O)n1CCC)CCC3. The third-order valence-electron chi connectivity index (χ3n) is 4.70. The predicted molar refractivity (Wildman–Crippen MR) is 109 cm³/mol. The summed E-state index contributed by atoms with van der Waals surface area (Å²) in [7, 11) is 0. The Balaban J connectivity index is 1.84. The number of thiophene rings is 1. The monoisotopic (exact) mass is 393 g/mol. The maximum atomic E-state index is 13.1. The zero-order valence-electron chi connectivity index (χ0n) is 15.8. The molecule has 1 aliphatic carbocycles. The molecule has 0 radical (unpaired) electrons. The molecule has 0 fully saturated rings. The first-order valence-corrected chi connectivity index (χ1v) is 11.3. The number of amides is 1. The van der Waals surface area contributed by atoms with E-state index in [0.29, 0.717) is 17.5 Å². The number of carbonyl (C=O) groups is 1. The van der Waals surface area contributed by atoms with Crippen LogP contribution in [0.25, 0.3) is 10.2 Å². The standard InChI is InChI=1S/C19H27N3O2S2/c1-4-7-12(3)20-15(23)11-25-19-21-17-16(18(24)22(19)10-5-2)13-8-6-9-14(13)26-17/h12H,4-11H2,1-3H3,(H,20,23)/t12-/m0/s1. The molecule has 0 saturated heterocycles. The van der Waals surface area contributed by atoms with Gasteiger partial charge in [0.1, 0.15) is 4.83 Å². The average molecular weight is 394 g/mol. The van der Waals surface area contributed by atoms with Crippen LogP contribution in [0.4, 0.5) is 0 Å². The number of aryl methyl sites for hydroxylation is 2. The molecule has 0 aliphatic heterocycles. The van der Waals surface area contributed by atoms with Crippen LogP contribution in [-0.4, -0.2) is 27.3 Å². The lowest BCUT2D eigenvalue weighted by Gasteiger charge is -2.14. The van der Waals surface area contributed by atoms with E-state index in [4.69, 9.17) is 4.98 Å². The molecular weight excluding hydrogens is 366 g/mol. The van der Waals surface area contributed by atoms with Crippen molar-refractivity contribution in [3.8, 4) is 0 Å². The molecule has 0 aromatic carbocycles. The van der Waals surface area contributed by atoms with Gasteiger partial charge in [0.25, 0.3) is 5.56 Å². The predicted octanol–water partition coefficient (Wildman–Crippen LogP) is 3.75. The molecule has 1 aliphatic rings. The fourth-order valence-electron chi connectivity index (χ4n) is 3.54. The summed E-state index contributed by atoms with van der Waals surface area (Å²) < 4.78 is 1.76. The fraction of sp³-hybridized carbons (Fsp3) is 0.632. The topological polar surface area (TPSA) is 64.0 Å². The van der Waals surface area contributed by atoms with E-state index in [0.717, 1.165) is 48.7 Å². The number of hydrogen-bond acceptors (Lipinski definition) is 5. The first-order chi connectivity index (χ1) is 12.5. The smallest absolute Gasteiger partial charge is 0.263 e. The van der Waals surface area contributed by atoms with E-state index < -0.39 is 0 Å². The van der Waals surface area contributed by atoms with Gasteiger partial charge in [-0.3, -0.25) is 14.2 Å². The number of rotatable bonds is 8. The number of hydrogen-bond donors (Lipinski definition) is 1. The van der Waals surface area contributed by atoms with Gasteiger partial charge in [0.2, 0.25) is 5.91 Å². The lowest BCUT2D eigenvalue weighted by molar-refractivity contribution is -0.119. The van der Waals surface area contributed by atoms with Crippen molar-refractivity contribution in [3.05, 3.63) is 20.8 Å². The lowest BCUT2D eigenvalue weighted by atomic mass is 10.2. The number of fused-ring (bicyclic) bond motifs is 3. The minimum Gasteiger partial charge on any atom is -0.353 e. The van der Waals surface area contributed by atoms with Gasteiger partial charge in [-0.15, -0.1) is 11.3 Å². The summed E-state index contributed by atoms with van der Waals surface area (Å²) >= 11 is 3.03. The third-order valence-corrected chi connectivity index (χ3v) is 6.86. The highest BCUT2D eigenvalue weighted by Gasteiger charge is 2.23. The minimum absolute atomic E-state index is 0.00187. The second-order valence-corrected chi connectivity index (χ2v) is 8.96. The van der Waals surface area contributed by atoms with Crippen molar-refractivity contribution >= 4 is 39.2 Å². The van der Waals surface area contributed by atoms with Crippen LogP contribution in [0.3, 0.4) is 0 Å². The summed E-state index contributed by atoms with van der Waals surface area (Å²) in [4.78, 5) is 32.2. The Morgan fingerprint density at radius 3 is 2.88 bits per heavy atom. The Morgan fingerprint density at radius 2 is 2.15 bits per heavy atom. The Morgan fingerprint density at radius 1 is 1.35 bits per heavy atom. The Labute approximate surface area is 162 Å². The summed E-state index contributed by atoms with van der Waals surface area (Å²) in [6, 6.07) is 0.182. The van der Waals surface area contributed by atoms with Crippen LogP contribution < -0.4 is 10.9 Å². The number of nitrogens with one attached hydrogen (secondary N) is 1. The van der Waals surface area contributed by atoms with Crippen LogP contribution in [0.2, 0.25) is 0 Å². The maximum Gasteiger partial charge on any atom is 0.263 e. The summed E-state index contributed by atoms with van der Waals surface area (Å²) in [5.41, 5.74) is 1.29. The van der Waals surface area contributed by atoms with Gasteiger partial charge in [0.05, 0.1) is 11.1 Å². The fourth-order valence-corrected chi connectivity index (χ4v) is 5.68. The molecule has 2 heterocycles. The average Bonchev–Trinajstić information content (AvgIpc) is 3.16. The molecule has 3 rings (SSSR count). The molecule has 7 heteroatoms. The van der Waals surface area contributed by atoms with E-state index in [1.807, 2.05) is 6.92 Å². The summed E-state index contributed by atoms with van der Waals surface area (Å²) in [5, 5.41) is 4.50. The summed E-state index contributed by atoms with van der Waals surface area (Å²) in [6.07, 6.45) is 6.07. The quantitative estimate of drug-likeness (QED) is 0.548. The van der Waals surface area contributed by atoms with Gasteiger partial charge in [-0.2, -0.15) is 0 Å². The van der Waals surface area contributed by atoms with Crippen molar-refractivity contribution in [1.29, 1.82) is 0 Å². The zero-order valence-corrected chi connectivity index (χ0v) is 17.4. The number of aromatic nitrogens is 2. The molecule has 0 bridgehead atoms. The zero-order chi connectivity index (χ0) is 18.7.